The number of nitrogens with zero attached hydrogens (tertiary/aromatic N) is 6. The molecule has 0 radical (unpaired) electrons. The maximum Gasteiger partial charge on any atom is 0.352 e. The summed E-state index contributed by atoms with van der Waals surface area (Å²) in [6, 6.07) is -0.159. The van der Waals surface area contributed by atoms with E-state index < -0.39 is 47.0 Å². The van der Waals surface area contributed by atoms with Crippen LogP contribution in [0.15, 0.2) is 43.2 Å². The van der Waals surface area contributed by atoms with Crippen LogP contribution < -0.4 is 21.2 Å². The average molecular weight is 683 g/mol. The number of thioether (sulfide) groups is 2. The van der Waals surface area contributed by atoms with Crippen molar-refractivity contribution in [2.45, 2.75) is 29.3 Å². The minimum absolute atomic E-state index is 0.0339. The number of carboxylic acid groups (broad SMARTS) is 1. The SMILES string of the molecule is CCOc1nnc(SCC2=C(C(=O)O)N3C(=O)[C@@H](NC(=O)/C(=N\OCc4cc(=O)c(O)cn4O)c4csc(N)n4)[C@H]3SC2)s1. The minimum Gasteiger partial charge on any atom is -0.503 e. The summed E-state index contributed by atoms with van der Waals surface area (Å²) in [5, 5.41) is 44.8. The quantitative estimate of drug-likeness (QED) is 0.0575. The Morgan fingerprint density at radius 1 is 1.32 bits per heavy atom. The van der Waals surface area contributed by atoms with Crippen LogP contribution in [0.4, 0.5) is 5.13 Å². The largest absolute Gasteiger partial charge is 0.503 e. The number of hydrogen-bond donors (Lipinski definition) is 5. The number of nitrogens with one attached hydrogen (secondary N) is 1. The summed E-state index contributed by atoms with van der Waals surface area (Å²) in [5.74, 6) is -2.90. The van der Waals surface area contributed by atoms with Gasteiger partial charge in [0, 0.05) is 23.0 Å². The van der Waals surface area contributed by atoms with Gasteiger partial charge in [0.1, 0.15) is 28.5 Å². The highest BCUT2D eigenvalue weighted by Crippen LogP contribution is 2.42. The molecule has 2 amide bonds. The number of aromatic nitrogens is 4. The number of rotatable bonds is 12. The van der Waals surface area contributed by atoms with E-state index in [9.17, 15) is 34.6 Å². The first kappa shape index (κ1) is 31.1. The van der Waals surface area contributed by atoms with Crippen molar-refractivity contribution < 1.29 is 39.4 Å². The van der Waals surface area contributed by atoms with Crippen LogP contribution in [0.2, 0.25) is 0 Å². The van der Waals surface area contributed by atoms with Gasteiger partial charge in [0.25, 0.3) is 17.0 Å². The van der Waals surface area contributed by atoms with Crippen molar-refractivity contribution in [3.8, 4) is 10.9 Å². The standard InChI is InChI=1S/C23H22N8O9S4/c1-2-39-22-27-28-23(44-22)43-7-9-6-41-19-15(18(35)31(19)16(9)20(36)37)26-17(34)14(11-8-42-21(24)25-11)29-40-5-10-3-12(32)13(33)4-30(10)38/h3-4,8,15,19,33,38H,2,5-7H2,1H3,(H2,24,25)(H,26,34)(H,36,37)/b29-14-/t15-,19-/m1/s1. The fraction of sp³-hybridized carbons (Fsp3) is 0.304. The van der Waals surface area contributed by atoms with E-state index in [-0.39, 0.29) is 39.4 Å². The van der Waals surface area contributed by atoms with Crippen molar-refractivity contribution in [2.24, 2.45) is 5.16 Å². The zero-order valence-electron chi connectivity index (χ0n) is 22.4. The number of carboxylic acids is 1. The molecule has 17 nitrogen and oxygen atoms in total. The summed E-state index contributed by atoms with van der Waals surface area (Å²) < 4.78 is 6.36. The van der Waals surface area contributed by atoms with Gasteiger partial charge < -0.3 is 36.0 Å². The monoisotopic (exact) mass is 682 g/mol. The van der Waals surface area contributed by atoms with Crippen LogP contribution in [-0.2, 0) is 25.8 Å². The van der Waals surface area contributed by atoms with Crippen LogP contribution >= 0.6 is 46.2 Å². The second kappa shape index (κ2) is 13.1. The fourth-order valence-corrected chi connectivity index (χ4v) is 7.79. The predicted octanol–water partition coefficient (Wildman–Crippen LogP) is 0.532. The zero-order valence-corrected chi connectivity index (χ0v) is 25.7. The van der Waals surface area contributed by atoms with Crippen molar-refractivity contribution in [3.05, 3.63) is 50.5 Å². The van der Waals surface area contributed by atoms with Crippen LogP contribution in [0.1, 0.15) is 18.3 Å². The number of aliphatic carboxylic acids is 1. The molecule has 0 aromatic carbocycles. The molecule has 5 heterocycles. The third-order valence-corrected chi connectivity index (χ3v) is 10.1. The van der Waals surface area contributed by atoms with E-state index in [1.165, 1.54) is 40.2 Å². The Morgan fingerprint density at radius 2 is 2.11 bits per heavy atom. The molecule has 0 unspecified atom stereocenters. The van der Waals surface area contributed by atoms with Crippen molar-refractivity contribution in [1.82, 2.24) is 30.1 Å². The van der Waals surface area contributed by atoms with E-state index in [1.54, 1.807) is 0 Å². The molecule has 5 rings (SSSR count). The second-order valence-corrected chi connectivity index (χ2v) is 13.0. The Balaban J connectivity index is 1.29. The van der Waals surface area contributed by atoms with Crippen LogP contribution in [0, 0.1) is 0 Å². The number of hydrogen-bond acceptors (Lipinski definition) is 17. The maximum absolute atomic E-state index is 13.3. The third-order valence-electron chi connectivity index (χ3n) is 6.00. The number of amides is 2. The van der Waals surface area contributed by atoms with Gasteiger partial charge in [-0.15, -0.1) is 28.2 Å². The lowest BCUT2D eigenvalue weighted by atomic mass is 10.0. The van der Waals surface area contributed by atoms with Gasteiger partial charge in [-0.2, -0.15) is 4.73 Å². The lowest BCUT2D eigenvalue weighted by Crippen LogP contribution is -2.71. The van der Waals surface area contributed by atoms with Gasteiger partial charge >= 0.3 is 5.97 Å². The Hall–Kier alpha value is -4.34. The van der Waals surface area contributed by atoms with Crippen molar-refractivity contribution in [1.29, 1.82) is 0 Å². The molecule has 6 N–H and O–H groups in total. The highest BCUT2D eigenvalue weighted by atomic mass is 32.2. The van der Waals surface area contributed by atoms with Gasteiger partial charge in [-0.3, -0.25) is 19.3 Å². The van der Waals surface area contributed by atoms with Crippen LogP contribution in [0.25, 0.3) is 0 Å². The number of oxime groups is 1. The molecule has 2 atom stereocenters. The highest BCUT2D eigenvalue weighted by Gasteiger charge is 2.54. The molecule has 0 spiro atoms. The van der Waals surface area contributed by atoms with Crippen molar-refractivity contribution in [3.63, 3.8) is 0 Å². The first-order valence-corrected chi connectivity index (χ1v) is 16.2. The van der Waals surface area contributed by atoms with Crippen LogP contribution in [0.3, 0.4) is 0 Å². The van der Waals surface area contributed by atoms with Gasteiger partial charge in [0.15, 0.2) is 27.5 Å². The summed E-state index contributed by atoms with van der Waals surface area (Å²) in [6.45, 7) is 1.78. The average Bonchev–Trinajstić information content (AvgIpc) is 3.63. The Kier molecular flexibility index (Phi) is 9.27. The van der Waals surface area contributed by atoms with E-state index in [1.807, 2.05) is 6.92 Å². The third kappa shape index (κ3) is 6.44. The molecule has 3 aromatic heterocycles. The minimum atomic E-state index is -1.28. The van der Waals surface area contributed by atoms with E-state index >= 15 is 0 Å². The highest BCUT2D eigenvalue weighted by molar-refractivity contribution is 8.01. The Morgan fingerprint density at radius 3 is 2.82 bits per heavy atom. The smallest absolute Gasteiger partial charge is 0.352 e. The number of nitrogen functional groups attached to an aromatic ring is 1. The van der Waals surface area contributed by atoms with Crippen molar-refractivity contribution >= 4 is 74.8 Å². The van der Waals surface area contributed by atoms with Gasteiger partial charge in [0.05, 0.1) is 12.8 Å². The number of nitrogens with two attached hydrogens (primary N) is 1. The van der Waals surface area contributed by atoms with Crippen LogP contribution in [0.5, 0.6) is 10.9 Å². The summed E-state index contributed by atoms with van der Waals surface area (Å²) in [4.78, 5) is 60.8. The molecule has 1 fully saturated rings. The molecule has 44 heavy (non-hydrogen) atoms. The van der Waals surface area contributed by atoms with Crippen molar-refractivity contribution in [2.75, 3.05) is 23.8 Å². The maximum atomic E-state index is 13.3. The molecule has 232 valence electrons. The number of anilines is 1. The molecule has 0 aliphatic carbocycles. The first-order valence-electron chi connectivity index (χ1n) is 12.4. The zero-order chi connectivity index (χ0) is 31.5. The molecule has 2 aliphatic rings. The number of aromatic hydroxyl groups is 1. The Labute approximate surface area is 263 Å². The normalized spacial score (nSPS) is 18.1. The van der Waals surface area contributed by atoms with Crippen LogP contribution in [-0.4, -0.2) is 93.3 Å². The number of ether oxygens (including phenoxy) is 1. The summed E-state index contributed by atoms with van der Waals surface area (Å²) in [7, 11) is 0. The number of thiazole rings is 1. The summed E-state index contributed by atoms with van der Waals surface area (Å²) >= 11 is 4.82. The van der Waals surface area contributed by atoms with Gasteiger partial charge in [-0.05, 0) is 23.8 Å². The van der Waals surface area contributed by atoms with Gasteiger partial charge in [-0.1, -0.05) is 22.0 Å². The lowest BCUT2D eigenvalue weighted by molar-refractivity contribution is -0.150. The van der Waals surface area contributed by atoms with Gasteiger partial charge in [-0.25, -0.2) is 9.78 Å². The second-order valence-electron chi connectivity index (χ2n) is 8.82. The number of carbonyl (C=O) groups is 3. The fourth-order valence-electron chi connectivity index (χ4n) is 4.02. The topological polar surface area (TPSA) is 245 Å². The van der Waals surface area contributed by atoms with E-state index in [0.717, 1.165) is 28.5 Å². The summed E-state index contributed by atoms with van der Waals surface area (Å²) in [5.41, 5.74) is 4.90. The molecule has 0 saturated carbocycles. The number of β-lactam (4-membered cyclic amide) rings is 1. The van der Waals surface area contributed by atoms with E-state index in [4.69, 9.17) is 15.3 Å². The number of pyridine rings is 1. The summed E-state index contributed by atoms with van der Waals surface area (Å²) in [6.07, 6.45) is 0.772. The number of fused-ring (bicyclic) bond motifs is 1. The number of carbonyl (C=O) groups excluding carboxylic acids is 2. The molecule has 21 heteroatoms. The van der Waals surface area contributed by atoms with E-state index in [2.05, 4.69) is 25.7 Å². The molecule has 1 saturated heterocycles. The molecule has 2 aliphatic heterocycles. The molecule has 3 aromatic rings. The molecule has 0 bridgehead atoms. The molecular weight excluding hydrogens is 661 g/mol. The van der Waals surface area contributed by atoms with Gasteiger partial charge in [0.2, 0.25) is 5.43 Å². The predicted molar refractivity (Wildman–Crippen MR) is 159 cm³/mol. The molecular formula is C23H22N8O9S4. The Bertz CT molecular complexity index is 1740. The lowest BCUT2D eigenvalue weighted by Gasteiger charge is -2.49. The van der Waals surface area contributed by atoms with E-state index in [0.29, 0.717) is 26.4 Å². The first-order chi connectivity index (χ1) is 21.1.